The van der Waals surface area contributed by atoms with Crippen LogP contribution in [0.1, 0.15) is 52.4 Å². The highest BCUT2D eigenvalue weighted by Gasteiger charge is 2.22. The summed E-state index contributed by atoms with van der Waals surface area (Å²) in [6.45, 7) is 4.43. The van der Waals surface area contributed by atoms with Gasteiger partial charge in [0.25, 0.3) is 0 Å². The molecule has 0 aromatic heterocycles. The fourth-order valence-corrected chi connectivity index (χ4v) is 1.18. The summed E-state index contributed by atoms with van der Waals surface area (Å²) in [5.41, 5.74) is 0. The zero-order valence-electron chi connectivity index (χ0n) is 7.65. The molecule has 1 heteroatoms. The minimum atomic E-state index is 1.18. The van der Waals surface area contributed by atoms with E-state index in [-0.39, 0.29) is 0 Å². The highest BCUT2D eigenvalue weighted by atomic mass is 16.6. The Bertz CT molecular complexity index is 131. The first-order valence-corrected chi connectivity index (χ1v) is 4.78. The van der Waals surface area contributed by atoms with Gasteiger partial charge in [-0.3, -0.25) is 0 Å². The first-order valence-electron chi connectivity index (χ1n) is 4.78. The van der Waals surface area contributed by atoms with Gasteiger partial charge in [-0.1, -0.05) is 26.7 Å². The quantitative estimate of drug-likeness (QED) is 0.569. The monoisotopic (exact) mass is 154 g/mol. The molecule has 0 saturated carbocycles. The second-order valence-corrected chi connectivity index (χ2v) is 3.16. The minimum absolute atomic E-state index is 1.18. The predicted octanol–water partition coefficient (Wildman–Crippen LogP) is 3.61. The van der Waals surface area contributed by atoms with Gasteiger partial charge in [-0.15, -0.1) is 0 Å². The number of ether oxygens (including phenoxy) is 1. The molecule has 0 amide bonds. The molecule has 1 aliphatic rings. The minimum Gasteiger partial charge on any atom is -0.459 e. The van der Waals surface area contributed by atoms with Gasteiger partial charge in [0, 0.05) is 12.8 Å². The molecule has 0 fully saturated rings. The third-order valence-corrected chi connectivity index (χ3v) is 2.03. The maximum Gasteiger partial charge on any atom is 0.142 e. The van der Waals surface area contributed by atoms with Gasteiger partial charge in [0.05, 0.1) is 0 Å². The van der Waals surface area contributed by atoms with Crippen molar-refractivity contribution in [3.05, 3.63) is 11.5 Å². The van der Waals surface area contributed by atoms with E-state index in [0.29, 0.717) is 0 Å². The van der Waals surface area contributed by atoms with Crippen LogP contribution in [-0.4, -0.2) is 0 Å². The number of allylic oxidation sites excluding steroid dienone is 2. The molecule has 0 saturated heterocycles. The molecule has 0 unspecified atom stereocenters. The number of unbranched alkanes of at least 4 members (excludes halogenated alkanes) is 2. The van der Waals surface area contributed by atoms with Gasteiger partial charge in [-0.25, -0.2) is 0 Å². The first-order chi connectivity index (χ1) is 5.38. The average molecular weight is 154 g/mol. The summed E-state index contributed by atoms with van der Waals surface area (Å²) < 4.78 is 5.35. The molecule has 0 aromatic carbocycles. The lowest BCUT2D eigenvalue weighted by Gasteiger charge is -1.84. The lowest BCUT2D eigenvalue weighted by Crippen LogP contribution is -1.69. The highest BCUT2D eigenvalue weighted by molar-refractivity contribution is 5.17. The maximum absolute atomic E-state index is 5.35. The topological polar surface area (TPSA) is 12.5 Å². The smallest absolute Gasteiger partial charge is 0.142 e. The lowest BCUT2D eigenvalue weighted by atomic mass is 10.2. The van der Waals surface area contributed by atoms with Crippen LogP contribution in [0.4, 0.5) is 0 Å². The van der Waals surface area contributed by atoms with Crippen LogP contribution in [0.25, 0.3) is 0 Å². The van der Waals surface area contributed by atoms with Gasteiger partial charge in [-0.2, -0.15) is 0 Å². The van der Waals surface area contributed by atoms with E-state index in [1.54, 1.807) is 0 Å². The Labute approximate surface area is 69.4 Å². The zero-order chi connectivity index (χ0) is 8.10. The van der Waals surface area contributed by atoms with Crippen molar-refractivity contribution in [1.82, 2.24) is 0 Å². The fourth-order valence-electron chi connectivity index (χ4n) is 1.18. The highest BCUT2D eigenvalue weighted by Crippen LogP contribution is 2.34. The molecule has 0 aliphatic carbocycles. The zero-order valence-corrected chi connectivity index (χ0v) is 7.65. The van der Waals surface area contributed by atoms with Gasteiger partial charge in [-0.05, 0) is 12.8 Å². The molecule has 0 atom stereocenters. The SMILES string of the molecule is CCCCC1=C(CCCC)O1. The summed E-state index contributed by atoms with van der Waals surface area (Å²) in [6, 6.07) is 0. The standard InChI is InChI=1S/C10H18O/c1-3-5-7-9-10(11-9)8-6-4-2/h3-8H2,1-2H3. The van der Waals surface area contributed by atoms with Crippen molar-refractivity contribution >= 4 is 0 Å². The summed E-state index contributed by atoms with van der Waals surface area (Å²) in [5, 5.41) is 0. The largest absolute Gasteiger partial charge is 0.459 e. The van der Waals surface area contributed by atoms with Crippen molar-refractivity contribution in [3.8, 4) is 0 Å². The Morgan fingerprint density at radius 2 is 1.36 bits per heavy atom. The second-order valence-electron chi connectivity index (χ2n) is 3.16. The molecule has 1 aliphatic heterocycles. The van der Waals surface area contributed by atoms with Crippen molar-refractivity contribution in [1.29, 1.82) is 0 Å². The molecule has 64 valence electrons. The summed E-state index contributed by atoms with van der Waals surface area (Å²) in [6.07, 6.45) is 7.46. The van der Waals surface area contributed by atoms with Crippen LogP contribution >= 0.6 is 0 Å². The van der Waals surface area contributed by atoms with E-state index < -0.39 is 0 Å². The third-order valence-electron chi connectivity index (χ3n) is 2.03. The van der Waals surface area contributed by atoms with Crippen LogP contribution in [0.3, 0.4) is 0 Å². The van der Waals surface area contributed by atoms with Crippen LogP contribution in [0.2, 0.25) is 0 Å². The Morgan fingerprint density at radius 3 is 1.73 bits per heavy atom. The summed E-state index contributed by atoms with van der Waals surface area (Å²) in [4.78, 5) is 0. The Balaban J connectivity index is 2.04. The van der Waals surface area contributed by atoms with Gasteiger partial charge >= 0.3 is 0 Å². The molecular weight excluding hydrogens is 136 g/mol. The van der Waals surface area contributed by atoms with Crippen LogP contribution < -0.4 is 0 Å². The van der Waals surface area contributed by atoms with Crippen molar-refractivity contribution in [2.45, 2.75) is 52.4 Å². The molecular formula is C10H18O. The van der Waals surface area contributed by atoms with Crippen LogP contribution in [-0.2, 0) is 4.74 Å². The number of hydrogen-bond acceptors (Lipinski definition) is 1. The van der Waals surface area contributed by atoms with Crippen molar-refractivity contribution in [2.24, 2.45) is 0 Å². The predicted molar refractivity (Wildman–Crippen MR) is 47.2 cm³/mol. The Morgan fingerprint density at radius 1 is 0.909 bits per heavy atom. The van der Waals surface area contributed by atoms with E-state index >= 15 is 0 Å². The molecule has 1 rings (SSSR count). The summed E-state index contributed by atoms with van der Waals surface area (Å²) in [7, 11) is 0. The molecule has 0 N–H and O–H groups in total. The average Bonchev–Trinajstić information content (AvgIpc) is 2.76. The van der Waals surface area contributed by atoms with Crippen molar-refractivity contribution in [3.63, 3.8) is 0 Å². The molecule has 0 radical (unpaired) electrons. The maximum atomic E-state index is 5.35. The third kappa shape index (κ3) is 2.96. The van der Waals surface area contributed by atoms with Crippen LogP contribution in [0, 0.1) is 0 Å². The second kappa shape index (κ2) is 4.42. The normalized spacial score (nSPS) is 15.1. The molecule has 0 bridgehead atoms. The van der Waals surface area contributed by atoms with E-state index in [0.717, 1.165) is 0 Å². The van der Waals surface area contributed by atoms with Crippen molar-refractivity contribution < 1.29 is 4.74 Å². The Kier molecular flexibility index (Phi) is 3.47. The number of rotatable bonds is 6. The van der Waals surface area contributed by atoms with Gasteiger partial charge in [0.1, 0.15) is 11.5 Å². The van der Waals surface area contributed by atoms with Gasteiger partial charge in [0.2, 0.25) is 0 Å². The van der Waals surface area contributed by atoms with E-state index in [4.69, 9.17) is 4.74 Å². The lowest BCUT2D eigenvalue weighted by molar-refractivity contribution is 0.432. The van der Waals surface area contributed by atoms with E-state index in [2.05, 4.69) is 13.8 Å². The van der Waals surface area contributed by atoms with E-state index in [9.17, 15) is 0 Å². The molecule has 11 heavy (non-hydrogen) atoms. The molecule has 0 aromatic rings. The molecule has 0 spiro atoms. The van der Waals surface area contributed by atoms with E-state index in [1.165, 1.54) is 50.0 Å². The fraction of sp³-hybridized carbons (Fsp3) is 0.800. The molecule has 1 heterocycles. The first kappa shape index (κ1) is 8.63. The van der Waals surface area contributed by atoms with Gasteiger partial charge < -0.3 is 4.74 Å². The summed E-state index contributed by atoms with van der Waals surface area (Å²) in [5.74, 6) is 2.58. The number of hydrogen-bond donors (Lipinski definition) is 0. The van der Waals surface area contributed by atoms with Gasteiger partial charge in [0.15, 0.2) is 0 Å². The van der Waals surface area contributed by atoms with Crippen LogP contribution in [0.5, 0.6) is 0 Å². The summed E-state index contributed by atoms with van der Waals surface area (Å²) >= 11 is 0. The van der Waals surface area contributed by atoms with E-state index in [1.807, 2.05) is 0 Å². The Hall–Kier alpha value is -0.460. The molecule has 1 nitrogen and oxygen atoms in total. The van der Waals surface area contributed by atoms with Crippen molar-refractivity contribution in [2.75, 3.05) is 0 Å². The van der Waals surface area contributed by atoms with Crippen LogP contribution in [0.15, 0.2) is 11.5 Å².